The maximum Gasteiger partial charge on any atom is 0.261 e. The Bertz CT molecular complexity index is 902. The van der Waals surface area contributed by atoms with Crippen LogP contribution in [0.2, 0.25) is 5.02 Å². The van der Waals surface area contributed by atoms with Gasteiger partial charge in [0.05, 0.1) is 10.7 Å². The number of hydrogen-bond donors (Lipinski definition) is 2. The van der Waals surface area contributed by atoms with E-state index in [4.69, 9.17) is 17.3 Å². The highest BCUT2D eigenvalue weighted by Gasteiger charge is 2.21. The number of pyridine rings is 1. The Morgan fingerprint density at radius 2 is 1.92 bits per heavy atom. The lowest BCUT2D eigenvalue weighted by Gasteiger charge is -2.06. The predicted octanol–water partition coefficient (Wildman–Crippen LogP) is 4.32. The SMILES string of the molecule is Cc1cccc(Nc2nc(-c3c(C)cccc3Cl)c(C(N)=O)s2)n1. The number of primary amides is 1. The van der Waals surface area contributed by atoms with Crippen LogP contribution in [0.1, 0.15) is 20.9 Å². The van der Waals surface area contributed by atoms with Crippen LogP contribution in [0.15, 0.2) is 36.4 Å². The number of amides is 1. The molecule has 0 spiro atoms. The average molecular weight is 359 g/mol. The lowest BCUT2D eigenvalue weighted by Crippen LogP contribution is -2.10. The zero-order chi connectivity index (χ0) is 17.3. The Morgan fingerprint density at radius 3 is 2.58 bits per heavy atom. The molecule has 24 heavy (non-hydrogen) atoms. The molecule has 122 valence electrons. The zero-order valence-electron chi connectivity index (χ0n) is 13.1. The summed E-state index contributed by atoms with van der Waals surface area (Å²) < 4.78 is 0. The minimum atomic E-state index is -0.535. The maximum absolute atomic E-state index is 11.8. The van der Waals surface area contributed by atoms with Crippen LogP contribution in [0.4, 0.5) is 10.9 Å². The van der Waals surface area contributed by atoms with Gasteiger partial charge in [-0.25, -0.2) is 9.97 Å². The number of aryl methyl sites for hydroxylation is 2. The maximum atomic E-state index is 11.8. The first-order chi connectivity index (χ1) is 11.5. The number of rotatable bonds is 4. The Labute approximate surface area is 148 Å². The predicted molar refractivity (Wildman–Crippen MR) is 98.1 cm³/mol. The van der Waals surface area contributed by atoms with Gasteiger partial charge in [-0.3, -0.25) is 4.79 Å². The number of hydrogen-bond acceptors (Lipinski definition) is 5. The van der Waals surface area contributed by atoms with Crippen LogP contribution >= 0.6 is 22.9 Å². The first kappa shape index (κ1) is 16.4. The molecule has 2 heterocycles. The molecular weight excluding hydrogens is 344 g/mol. The van der Waals surface area contributed by atoms with Gasteiger partial charge in [-0.1, -0.05) is 41.1 Å². The fraction of sp³-hybridized carbons (Fsp3) is 0.118. The molecule has 0 saturated heterocycles. The van der Waals surface area contributed by atoms with E-state index in [1.54, 1.807) is 6.07 Å². The van der Waals surface area contributed by atoms with Crippen molar-refractivity contribution in [3.8, 4) is 11.3 Å². The van der Waals surface area contributed by atoms with Crippen LogP contribution < -0.4 is 11.1 Å². The summed E-state index contributed by atoms with van der Waals surface area (Å²) in [7, 11) is 0. The highest BCUT2D eigenvalue weighted by Crippen LogP contribution is 2.37. The van der Waals surface area contributed by atoms with Gasteiger partial charge in [-0.15, -0.1) is 0 Å². The van der Waals surface area contributed by atoms with Crippen molar-refractivity contribution >= 4 is 39.8 Å². The van der Waals surface area contributed by atoms with Crippen molar-refractivity contribution in [2.24, 2.45) is 5.73 Å². The van der Waals surface area contributed by atoms with Gasteiger partial charge in [-0.05, 0) is 37.6 Å². The van der Waals surface area contributed by atoms with Gasteiger partial charge in [0, 0.05) is 11.3 Å². The number of benzene rings is 1. The van der Waals surface area contributed by atoms with E-state index < -0.39 is 5.91 Å². The smallest absolute Gasteiger partial charge is 0.261 e. The van der Waals surface area contributed by atoms with Crippen molar-refractivity contribution in [3.05, 3.63) is 57.6 Å². The Kier molecular flexibility index (Phi) is 4.51. The second-order valence-corrected chi connectivity index (χ2v) is 6.69. The first-order valence-electron chi connectivity index (χ1n) is 7.22. The molecule has 1 aromatic carbocycles. The lowest BCUT2D eigenvalue weighted by molar-refractivity contribution is 0.100. The van der Waals surface area contributed by atoms with Gasteiger partial charge in [0.15, 0.2) is 5.13 Å². The van der Waals surface area contributed by atoms with E-state index in [1.807, 2.05) is 44.2 Å². The van der Waals surface area contributed by atoms with Gasteiger partial charge in [0.2, 0.25) is 0 Å². The van der Waals surface area contributed by atoms with Gasteiger partial charge in [0.25, 0.3) is 5.91 Å². The number of carbonyl (C=O) groups is 1. The number of nitrogens with two attached hydrogens (primary N) is 1. The van der Waals surface area contributed by atoms with Crippen molar-refractivity contribution in [2.75, 3.05) is 5.32 Å². The molecule has 1 amide bonds. The molecular formula is C17H15ClN4OS. The molecule has 5 nitrogen and oxygen atoms in total. The zero-order valence-corrected chi connectivity index (χ0v) is 14.7. The van der Waals surface area contributed by atoms with Crippen molar-refractivity contribution in [3.63, 3.8) is 0 Å². The number of aromatic nitrogens is 2. The fourth-order valence-corrected chi connectivity index (χ4v) is 3.51. The molecule has 0 aliphatic rings. The van der Waals surface area contributed by atoms with E-state index in [2.05, 4.69) is 15.3 Å². The van der Waals surface area contributed by atoms with Crippen LogP contribution in [0.3, 0.4) is 0 Å². The molecule has 0 saturated carbocycles. The molecule has 0 fully saturated rings. The second kappa shape index (κ2) is 6.59. The quantitative estimate of drug-likeness (QED) is 0.727. The third-order valence-electron chi connectivity index (χ3n) is 3.43. The van der Waals surface area contributed by atoms with E-state index in [1.165, 1.54) is 11.3 Å². The number of nitrogens with zero attached hydrogens (tertiary/aromatic N) is 2. The fourth-order valence-electron chi connectivity index (χ4n) is 2.36. The summed E-state index contributed by atoms with van der Waals surface area (Å²) in [4.78, 5) is 21.1. The molecule has 0 unspecified atom stereocenters. The molecule has 3 aromatic rings. The van der Waals surface area contributed by atoms with E-state index >= 15 is 0 Å². The van der Waals surface area contributed by atoms with Crippen LogP contribution in [-0.4, -0.2) is 15.9 Å². The monoisotopic (exact) mass is 358 g/mol. The summed E-state index contributed by atoms with van der Waals surface area (Å²) in [6, 6.07) is 11.2. The molecule has 0 radical (unpaired) electrons. The molecule has 0 atom stereocenters. The molecule has 2 aromatic heterocycles. The van der Waals surface area contributed by atoms with E-state index in [0.717, 1.165) is 16.8 Å². The molecule has 3 rings (SSSR count). The topological polar surface area (TPSA) is 80.9 Å². The number of thiazole rings is 1. The van der Waals surface area contributed by atoms with Gasteiger partial charge in [-0.2, -0.15) is 0 Å². The largest absolute Gasteiger partial charge is 0.365 e. The van der Waals surface area contributed by atoms with Crippen molar-refractivity contribution in [1.82, 2.24) is 9.97 Å². The number of halogens is 1. The Hall–Kier alpha value is -2.44. The summed E-state index contributed by atoms with van der Waals surface area (Å²) in [6.45, 7) is 3.82. The second-order valence-electron chi connectivity index (χ2n) is 5.28. The summed E-state index contributed by atoms with van der Waals surface area (Å²) in [5, 5.41) is 4.18. The molecule has 0 bridgehead atoms. The number of carbonyl (C=O) groups excluding carboxylic acids is 1. The van der Waals surface area contributed by atoms with Crippen LogP contribution in [-0.2, 0) is 0 Å². The number of nitrogens with one attached hydrogen (secondary N) is 1. The van der Waals surface area contributed by atoms with Crippen molar-refractivity contribution in [1.29, 1.82) is 0 Å². The lowest BCUT2D eigenvalue weighted by atomic mass is 10.0. The summed E-state index contributed by atoms with van der Waals surface area (Å²) in [6.07, 6.45) is 0. The Morgan fingerprint density at radius 1 is 1.17 bits per heavy atom. The van der Waals surface area contributed by atoms with Gasteiger partial charge < -0.3 is 11.1 Å². The number of anilines is 2. The Balaban J connectivity index is 2.07. The third kappa shape index (κ3) is 3.25. The highest BCUT2D eigenvalue weighted by atomic mass is 35.5. The van der Waals surface area contributed by atoms with Crippen molar-refractivity contribution < 1.29 is 4.79 Å². The van der Waals surface area contributed by atoms with Crippen LogP contribution in [0, 0.1) is 13.8 Å². The average Bonchev–Trinajstić information content (AvgIpc) is 2.91. The highest BCUT2D eigenvalue weighted by molar-refractivity contribution is 7.18. The van der Waals surface area contributed by atoms with E-state index in [0.29, 0.717) is 26.5 Å². The molecule has 0 aliphatic carbocycles. The summed E-state index contributed by atoms with van der Waals surface area (Å²) >= 11 is 7.50. The van der Waals surface area contributed by atoms with Gasteiger partial charge in [0.1, 0.15) is 10.7 Å². The normalized spacial score (nSPS) is 10.6. The minimum Gasteiger partial charge on any atom is -0.365 e. The third-order valence-corrected chi connectivity index (χ3v) is 4.73. The molecule has 7 heteroatoms. The molecule has 0 aliphatic heterocycles. The summed E-state index contributed by atoms with van der Waals surface area (Å²) in [5.41, 5.74) is 8.55. The molecule has 3 N–H and O–H groups in total. The first-order valence-corrected chi connectivity index (χ1v) is 8.42. The summed E-state index contributed by atoms with van der Waals surface area (Å²) in [5.74, 6) is 0.120. The van der Waals surface area contributed by atoms with Gasteiger partial charge >= 0.3 is 0 Å². The minimum absolute atomic E-state index is 0.362. The van der Waals surface area contributed by atoms with E-state index in [-0.39, 0.29) is 0 Å². The van der Waals surface area contributed by atoms with Crippen LogP contribution in [0.5, 0.6) is 0 Å². The van der Waals surface area contributed by atoms with Crippen LogP contribution in [0.25, 0.3) is 11.3 Å². The van der Waals surface area contributed by atoms with E-state index in [9.17, 15) is 4.79 Å². The standard InChI is InChI=1S/C17H15ClN4OS/c1-9-5-3-7-11(18)13(9)14-15(16(19)23)24-17(22-14)21-12-8-4-6-10(2)20-12/h3-8H,1-2H3,(H2,19,23)(H,20,21,22). The van der Waals surface area contributed by atoms with Crippen molar-refractivity contribution in [2.45, 2.75) is 13.8 Å².